The van der Waals surface area contributed by atoms with E-state index in [1.54, 1.807) is 46.0 Å². The lowest BCUT2D eigenvalue weighted by Crippen LogP contribution is -2.41. The van der Waals surface area contributed by atoms with E-state index in [4.69, 9.17) is 21.1 Å². The lowest BCUT2D eigenvalue weighted by Gasteiger charge is -2.26. The van der Waals surface area contributed by atoms with E-state index in [0.29, 0.717) is 38.1 Å². The molecular formula is C27H23BrClN3O5S. The third-order valence-corrected chi connectivity index (χ3v) is 8.16. The molecule has 0 bridgehead atoms. The van der Waals surface area contributed by atoms with Gasteiger partial charge in [0.15, 0.2) is 4.80 Å². The number of amides is 1. The second-order valence-electron chi connectivity index (χ2n) is 9.14. The molecule has 3 aromatic rings. The van der Waals surface area contributed by atoms with E-state index in [-0.39, 0.29) is 21.6 Å². The lowest BCUT2D eigenvalue weighted by atomic mass is 9.95. The van der Waals surface area contributed by atoms with Crippen molar-refractivity contribution in [3.63, 3.8) is 0 Å². The topological polar surface area (TPSA) is 90.2 Å². The number of allylic oxidation sites excluding steroid dienone is 1. The van der Waals surface area contributed by atoms with Crippen LogP contribution >= 0.6 is 38.9 Å². The first-order valence-corrected chi connectivity index (χ1v) is 13.7. The molecule has 0 saturated carbocycles. The highest BCUT2D eigenvalue weighted by molar-refractivity contribution is 9.10. The molecule has 1 amide bonds. The molecule has 1 atom stereocenters. The lowest BCUT2D eigenvalue weighted by molar-refractivity contribution is -0.143. The number of carbonyl (C=O) groups is 2. The van der Waals surface area contributed by atoms with Crippen LogP contribution in [0.15, 0.2) is 61.9 Å². The van der Waals surface area contributed by atoms with Crippen LogP contribution in [0.4, 0.5) is 5.69 Å². The van der Waals surface area contributed by atoms with Crippen LogP contribution in [0.2, 0.25) is 5.02 Å². The number of aromatic nitrogens is 1. The Labute approximate surface area is 235 Å². The summed E-state index contributed by atoms with van der Waals surface area (Å²) in [6.45, 7) is 5.19. The molecule has 38 heavy (non-hydrogen) atoms. The predicted octanol–water partition coefficient (Wildman–Crippen LogP) is 3.96. The number of esters is 1. The van der Waals surface area contributed by atoms with Crippen molar-refractivity contribution in [1.82, 2.24) is 4.57 Å². The molecule has 196 valence electrons. The number of methoxy groups -OCH3 is 1. The van der Waals surface area contributed by atoms with Gasteiger partial charge in [-0.25, -0.2) is 9.79 Å². The Morgan fingerprint density at radius 3 is 2.61 bits per heavy atom. The summed E-state index contributed by atoms with van der Waals surface area (Å²) in [4.78, 5) is 47.4. The number of benzene rings is 2. The molecule has 2 aromatic carbocycles. The van der Waals surface area contributed by atoms with Gasteiger partial charge in [0.1, 0.15) is 16.3 Å². The van der Waals surface area contributed by atoms with Gasteiger partial charge >= 0.3 is 5.97 Å². The summed E-state index contributed by atoms with van der Waals surface area (Å²) < 4.78 is 13.6. The van der Waals surface area contributed by atoms with Crippen molar-refractivity contribution in [2.75, 3.05) is 19.1 Å². The number of carbonyl (C=O) groups excluding carboxylic acids is 2. The number of halogens is 2. The number of thiazole rings is 1. The Kier molecular flexibility index (Phi) is 6.83. The highest BCUT2D eigenvalue weighted by Gasteiger charge is 2.38. The van der Waals surface area contributed by atoms with Crippen LogP contribution in [0.3, 0.4) is 0 Å². The van der Waals surface area contributed by atoms with Crippen molar-refractivity contribution < 1.29 is 19.1 Å². The summed E-state index contributed by atoms with van der Waals surface area (Å²) in [5, 5.41) is 0.406. The summed E-state index contributed by atoms with van der Waals surface area (Å²) in [6, 6.07) is 9.56. The highest BCUT2D eigenvalue weighted by atomic mass is 79.9. The van der Waals surface area contributed by atoms with Crippen molar-refractivity contribution in [1.29, 1.82) is 0 Å². The minimum Gasteiger partial charge on any atom is -0.496 e. The maximum atomic E-state index is 14.2. The SMILES string of the molecule is COc1ccc(Cl)cc1[C@H]1C(C(=O)OC(C)C)=C(C)N=c2s/c(=C3/C(=O)N(C)c4ccc(Br)cc43)c(=O)n21. The molecule has 0 spiro atoms. The molecule has 0 unspecified atom stereocenters. The molecule has 2 aliphatic rings. The van der Waals surface area contributed by atoms with E-state index in [2.05, 4.69) is 20.9 Å². The van der Waals surface area contributed by atoms with Gasteiger partial charge in [-0.2, -0.15) is 0 Å². The van der Waals surface area contributed by atoms with Gasteiger partial charge in [0.05, 0.1) is 35.7 Å². The van der Waals surface area contributed by atoms with Crippen LogP contribution in [0.25, 0.3) is 5.57 Å². The van der Waals surface area contributed by atoms with Crippen LogP contribution in [0.1, 0.15) is 37.9 Å². The highest BCUT2D eigenvalue weighted by Crippen LogP contribution is 2.38. The Balaban J connectivity index is 1.87. The molecule has 3 heterocycles. The fourth-order valence-corrected chi connectivity index (χ4v) is 6.41. The number of ether oxygens (including phenoxy) is 2. The van der Waals surface area contributed by atoms with Crippen LogP contribution in [-0.4, -0.2) is 36.7 Å². The zero-order valence-corrected chi connectivity index (χ0v) is 24.3. The van der Waals surface area contributed by atoms with E-state index in [9.17, 15) is 14.4 Å². The molecule has 0 radical (unpaired) electrons. The third-order valence-electron chi connectivity index (χ3n) is 6.38. The van der Waals surface area contributed by atoms with Crippen molar-refractivity contribution in [2.45, 2.75) is 32.9 Å². The fourth-order valence-electron chi connectivity index (χ4n) is 4.74. The molecular weight excluding hydrogens is 594 g/mol. The first kappa shape index (κ1) is 26.4. The number of rotatable bonds is 4. The maximum absolute atomic E-state index is 14.2. The van der Waals surface area contributed by atoms with Gasteiger partial charge in [0.2, 0.25) is 0 Å². The molecule has 0 saturated heterocycles. The third kappa shape index (κ3) is 4.20. The Bertz CT molecular complexity index is 1740. The van der Waals surface area contributed by atoms with Gasteiger partial charge in [-0.3, -0.25) is 14.2 Å². The Morgan fingerprint density at radius 2 is 1.92 bits per heavy atom. The van der Waals surface area contributed by atoms with E-state index in [1.807, 2.05) is 18.2 Å². The standard InChI is InChI=1S/C27H23BrClN3O5S/c1-12(2)37-26(35)20-13(3)30-27-32(22(20)17-11-15(29)7-9-19(17)36-5)25(34)23(38-27)21-16-10-14(28)6-8-18(16)31(4)24(21)33/h6-12,22H,1-5H3/b23-21+/t22-/m0/s1. The van der Waals surface area contributed by atoms with Gasteiger partial charge in [0.25, 0.3) is 11.5 Å². The van der Waals surface area contributed by atoms with E-state index in [0.717, 1.165) is 15.8 Å². The second-order valence-corrected chi connectivity index (χ2v) is 11.5. The van der Waals surface area contributed by atoms with Gasteiger partial charge < -0.3 is 14.4 Å². The molecule has 1 aromatic heterocycles. The zero-order chi connectivity index (χ0) is 27.5. The monoisotopic (exact) mass is 615 g/mol. The number of hydrogen-bond donors (Lipinski definition) is 0. The molecule has 0 aliphatic carbocycles. The molecule has 0 N–H and O–H groups in total. The zero-order valence-electron chi connectivity index (χ0n) is 21.2. The van der Waals surface area contributed by atoms with Crippen molar-refractivity contribution >= 4 is 62.0 Å². The first-order chi connectivity index (χ1) is 18.0. The Hall–Kier alpha value is -3.21. The molecule has 5 rings (SSSR count). The van der Waals surface area contributed by atoms with E-state index >= 15 is 0 Å². The summed E-state index contributed by atoms with van der Waals surface area (Å²) >= 11 is 10.9. The van der Waals surface area contributed by atoms with E-state index < -0.39 is 23.7 Å². The van der Waals surface area contributed by atoms with Crippen LogP contribution in [-0.2, 0) is 14.3 Å². The largest absolute Gasteiger partial charge is 0.496 e. The van der Waals surface area contributed by atoms with Crippen molar-refractivity contribution in [3.8, 4) is 5.75 Å². The van der Waals surface area contributed by atoms with Crippen molar-refractivity contribution in [2.24, 2.45) is 4.99 Å². The van der Waals surface area contributed by atoms with E-state index in [1.165, 1.54) is 16.6 Å². The molecule has 0 fully saturated rings. The smallest absolute Gasteiger partial charge is 0.338 e. The van der Waals surface area contributed by atoms with Crippen LogP contribution in [0, 0.1) is 0 Å². The summed E-state index contributed by atoms with van der Waals surface area (Å²) in [5.41, 5.74) is 2.28. The van der Waals surface area contributed by atoms with Gasteiger partial charge in [0, 0.05) is 27.7 Å². The second kappa shape index (κ2) is 9.83. The average molecular weight is 617 g/mol. The minimum atomic E-state index is -0.934. The first-order valence-electron chi connectivity index (χ1n) is 11.7. The number of likely N-dealkylation sites (N-methyl/N-ethyl adjacent to an activating group) is 1. The number of fused-ring (bicyclic) bond motifs is 2. The average Bonchev–Trinajstić information content (AvgIpc) is 3.29. The number of nitrogens with zero attached hydrogens (tertiary/aromatic N) is 3. The van der Waals surface area contributed by atoms with Gasteiger partial charge in [-0.05, 0) is 57.2 Å². The summed E-state index contributed by atoms with van der Waals surface area (Å²) in [5.74, 6) is -0.458. The predicted molar refractivity (Wildman–Crippen MR) is 149 cm³/mol. The van der Waals surface area contributed by atoms with Crippen LogP contribution in [0.5, 0.6) is 5.75 Å². The number of hydrogen-bond acceptors (Lipinski definition) is 7. The number of anilines is 1. The van der Waals surface area contributed by atoms with Crippen LogP contribution < -0.4 is 24.5 Å². The van der Waals surface area contributed by atoms with Crippen molar-refractivity contribution in [3.05, 3.63) is 88.0 Å². The minimum absolute atomic E-state index is 0.196. The molecule has 11 heteroatoms. The quantitative estimate of drug-likeness (QED) is 0.414. The van der Waals surface area contributed by atoms with Gasteiger partial charge in [-0.1, -0.05) is 38.9 Å². The molecule has 2 aliphatic heterocycles. The fraction of sp³-hybridized carbons (Fsp3) is 0.259. The van der Waals surface area contributed by atoms with Gasteiger partial charge in [-0.15, -0.1) is 0 Å². The summed E-state index contributed by atoms with van der Waals surface area (Å²) in [7, 11) is 3.17. The summed E-state index contributed by atoms with van der Waals surface area (Å²) in [6.07, 6.45) is -0.391. The maximum Gasteiger partial charge on any atom is 0.338 e. The molecule has 8 nitrogen and oxygen atoms in total. The normalized spacial score (nSPS) is 17.9. The Morgan fingerprint density at radius 1 is 1.18 bits per heavy atom.